The van der Waals surface area contributed by atoms with Crippen LogP contribution in [-0.2, 0) is 19.3 Å². The molecule has 22 heavy (non-hydrogen) atoms. The third kappa shape index (κ3) is 6.44. The van der Waals surface area contributed by atoms with Crippen LogP contribution >= 0.6 is 0 Å². The maximum Gasteiger partial charge on any atom is 0.506 e. The van der Waals surface area contributed by atoms with Crippen molar-refractivity contribution in [2.75, 3.05) is 0 Å². The molecule has 124 valence electrons. The molecule has 0 aromatic heterocycles. The minimum Gasteiger partial charge on any atom is -0.371 e. The standard InChI is InChI=1S/C18H30O3Si/c1-8-17-9-11-18(12-10-17)13-22(19-14(2)3,20-15(4)5)21-16(6)7/h8-12,14-16H,1,13H2,2-7H3. The SMILES string of the molecule is C=Cc1ccc(C[Si](OC(C)C)(OC(C)C)OC(C)C)cc1. The van der Waals surface area contributed by atoms with Gasteiger partial charge in [-0.3, -0.25) is 0 Å². The second-order valence-electron chi connectivity index (χ2n) is 6.31. The molecule has 0 amide bonds. The van der Waals surface area contributed by atoms with Crippen LogP contribution in [0.25, 0.3) is 6.08 Å². The summed E-state index contributed by atoms with van der Waals surface area (Å²) in [5.41, 5.74) is 2.27. The van der Waals surface area contributed by atoms with Gasteiger partial charge in [-0.15, -0.1) is 0 Å². The summed E-state index contributed by atoms with van der Waals surface area (Å²) in [5.74, 6) is 0. The Morgan fingerprint density at radius 1 is 0.864 bits per heavy atom. The molecule has 4 heteroatoms. The fraction of sp³-hybridized carbons (Fsp3) is 0.556. The lowest BCUT2D eigenvalue weighted by Crippen LogP contribution is -2.53. The highest BCUT2D eigenvalue weighted by molar-refractivity contribution is 6.60. The Morgan fingerprint density at radius 3 is 1.59 bits per heavy atom. The van der Waals surface area contributed by atoms with Crippen molar-refractivity contribution in [1.82, 2.24) is 0 Å². The molecule has 0 unspecified atom stereocenters. The number of rotatable bonds is 9. The second kappa shape index (κ2) is 8.63. The Hall–Kier alpha value is -0.943. The summed E-state index contributed by atoms with van der Waals surface area (Å²) in [5, 5.41) is 0. The minimum absolute atomic E-state index is 0.0663. The van der Waals surface area contributed by atoms with Crippen molar-refractivity contribution in [2.24, 2.45) is 0 Å². The molecule has 0 spiro atoms. The average Bonchev–Trinajstić information content (AvgIpc) is 2.36. The van der Waals surface area contributed by atoms with E-state index in [2.05, 4.69) is 30.8 Å². The maximum atomic E-state index is 6.19. The van der Waals surface area contributed by atoms with Crippen LogP contribution in [0.3, 0.4) is 0 Å². The van der Waals surface area contributed by atoms with Crippen molar-refractivity contribution in [3.8, 4) is 0 Å². The zero-order valence-corrected chi connectivity index (χ0v) is 15.8. The van der Waals surface area contributed by atoms with Gasteiger partial charge in [0.05, 0.1) is 0 Å². The van der Waals surface area contributed by atoms with Gasteiger partial charge in [-0.25, -0.2) is 0 Å². The van der Waals surface area contributed by atoms with Crippen LogP contribution < -0.4 is 0 Å². The van der Waals surface area contributed by atoms with E-state index in [9.17, 15) is 0 Å². The first kappa shape index (κ1) is 19.1. The molecule has 0 atom stereocenters. The predicted molar refractivity (Wildman–Crippen MR) is 94.7 cm³/mol. The largest absolute Gasteiger partial charge is 0.506 e. The van der Waals surface area contributed by atoms with E-state index in [0.717, 1.165) is 5.56 Å². The van der Waals surface area contributed by atoms with Gasteiger partial charge in [0.2, 0.25) is 0 Å². The molecule has 0 N–H and O–H groups in total. The van der Waals surface area contributed by atoms with Crippen molar-refractivity contribution >= 4 is 14.9 Å². The average molecular weight is 323 g/mol. The molecular weight excluding hydrogens is 292 g/mol. The first-order valence-corrected chi connectivity index (χ1v) is 9.94. The predicted octanol–water partition coefficient (Wildman–Crippen LogP) is 4.63. The van der Waals surface area contributed by atoms with Crippen molar-refractivity contribution in [3.63, 3.8) is 0 Å². The lowest BCUT2D eigenvalue weighted by molar-refractivity contribution is 0.00236. The van der Waals surface area contributed by atoms with E-state index in [-0.39, 0.29) is 18.3 Å². The van der Waals surface area contributed by atoms with E-state index < -0.39 is 8.80 Å². The lowest BCUT2D eigenvalue weighted by Gasteiger charge is -2.34. The van der Waals surface area contributed by atoms with Gasteiger partial charge >= 0.3 is 8.80 Å². The molecule has 0 saturated heterocycles. The fourth-order valence-electron chi connectivity index (χ4n) is 2.31. The molecule has 0 aliphatic rings. The van der Waals surface area contributed by atoms with Gasteiger partial charge in [-0.05, 0) is 52.7 Å². The topological polar surface area (TPSA) is 27.7 Å². The van der Waals surface area contributed by atoms with E-state index in [1.807, 2.05) is 47.6 Å². The van der Waals surface area contributed by atoms with E-state index in [0.29, 0.717) is 6.04 Å². The van der Waals surface area contributed by atoms with Crippen LogP contribution in [0, 0.1) is 0 Å². The summed E-state index contributed by atoms with van der Waals surface area (Å²) in [7, 11) is -2.78. The number of hydrogen-bond donors (Lipinski definition) is 0. The lowest BCUT2D eigenvalue weighted by atomic mass is 10.1. The number of benzene rings is 1. The molecule has 0 aliphatic heterocycles. The Kier molecular flexibility index (Phi) is 7.49. The molecular formula is C18H30O3Si. The molecule has 3 nitrogen and oxygen atoms in total. The van der Waals surface area contributed by atoms with Crippen LogP contribution in [0.5, 0.6) is 0 Å². The van der Waals surface area contributed by atoms with Crippen LogP contribution in [0.15, 0.2) is 30.8 Å². The Labute approximate surface area is 136 Å². The van der Waals surface area contributed by atoms with Gasteiger partial charge < -0.3 is 13.3 Å². The van der Waals surface area contributed by atoms with Crippen LogP contribution in [-0.4, -0.2) is 27.1 Å². The quantitative estimate of drug-likeness (QED) is 0.621. The third-order valence-electron chi connectivity index (χ3n) is 2.88. The first-order chi connectivity index (χ1) is 10.3. The fourth-order valence-corrected chi connectivity index (χ4v) is 5.61. The summed E-state index contributed by atoms with van der Waals surface area (Å²) in [6.07, 6.45) is 2.04. The summed E-state index contributed by atoms with van der Waals surface area (Å²) in [4.78, 5) is 0. The molecule has 0 saturated carbocycles. The first-order valence-electron chi connectivity index (χ1n) is 8.01. The van der Waals surface area contributed by atoms with Crippen molar-refractivity contribution in [1.29, 1.82) is 0 Å². The van der Waals surface area contributed by atoms with Gasteiger partial charge in [0.15, 0.2) is 0 Å². The van der Waals surface area contributed by atoms with Crippen LogP contribution in [0.1, 0.15) is 52.7 Å². The van der Waals surface area contributed by atoms with Gasteiger partial charge in [-0.1, -0.05) is 36.9 Å². The summed E-state index contributed by atoms with van der Waals surface area (Å²) >= 11 is 0. The highest BCUT2D eigenvalue weighted by atomic mass is 28.4. The van der Waals surface area contributed by atoms with Gasteiger partial charge in [-0.2, -0.15) is 0 Å². The van der Waals surface area contributed by atoms with Gasteiger partial charge in [0.25, 0.3) is 0 Å². The summed E-state index contributed by atoms with van der Waals surface area (Å²) < 4.78 is 18.6. The molecule has 0 radical (unpaired) electrons. The molecule has 0 heterocycles. The molecule has 0 bridgehead atoms. The highest BCUT2D eigenvalue weighted by Gasteiger charge is 2.44. The zero-order valence-electron chi connectivity index (χ0n) is 14.8. The summed E-state index contributed by atoms with van der Waals surface area (Å²) in [6.45, 7) is 15.9. The van der Waals surface area contributed by atoms with Gasteiger partial charge in [0.1, 0.15) is 0 Å². The Bertz CT molecular complexity index is 425. The van der Waals surface area contributed by atoms with E-state index in [4.69, 9.17) is 13.3 Å². The Balaban J connectivity index is 3.05. The minimum atomic E-state index is -2.78. The molecule has 1 rings (SSSR count). The van der Waals surface area contributed by atoms with E-state index in [1.54, 1.807) is 0 Å². The zero-order chi connectivity index (χ0) is 16.8. The third-order valence-corrected chi connectivity index (χ3v) is 6.21. The monoisotopic (exact) mass is 322 g/mol. The van der Waals surface area contributed by atoms with Crippen LogP contribution in [0.2, 0.25) is 0 Å². The van der Waals surface area contributed by atoms with E-state index in [1.165, 1.54) is 5.56 Å². The normalized spacial score (nSPS) is 12.4. The Morgan fingerprint density at radius 2 is 1.27 bits per heavy atom. The second-order valence-corrected chi connectivity index (χ2v) is 8.73. The molecule has 1 aromatic carbocycles. The van der Waals surface area contributed by atoms with E-state index >= 15 is 0 Å². The summed E-state index contributed by atoms with van der Waals surface area (Å²) in [6, 6.07) is 8.98. The number of hydrogen-bond acceptors (Lipinski definition) is 3. The van der Waals surface area contributed by atoms with Gasteiger partial charge in [0, 0.05) is 24.4 Å². The molecule has 0 aliphatic carbocycles. The van der Waals surface area contributed by atoms with Crippen LogP contribution in [0.4, 0.5) is 0 Å². The maximum absolute atomic E-state index is 6.19. The van der Waals surface area contributed by atoms with Crippen molar-refractivity contribution < 1.29 is 13.3 Å². The highest BCUT2D eigenvalue weighted by Crippen LogP contribution is 2.23. The van der Waals surface area contributed by atoms with Crippen molar-refractivity contribution in [2.45, 2.75) is 65.9 Å². The molecule has 1 aromatic rings. The smallest absolute Gasteiger partial charge is 0.371 e. The molecule has 0 fully saturated rings. The van der Waals surface area contributed by atoms with Crippen molar-refractivity contribution in [3.05, 3.63) is 42.0 Å².